The molecule has 2 rings (SSSR count). The van der Waals surface area contributed by atoms with Gasteiger partial charge in [0.15, 0.2) is 0 Å². The molecule has 0 saturated carbocycles. The molecule has 0 amide bonds. The fourth-order valence-electron chi connectivity index (χ4n) is 2.20. The number of hydrogen-bond acceptors (Lipinski definition) is 3. The number of aromatic hydroxyl groups is 1. The van der Waals surface area contributed by atoms with Crippen LogP contribution in [0.1, 0.15) is 31.3 Å². The van der Waals surface area contributed by atoms with Crippen LogP contribution >= 0.6 is 0 Å². The maximum atomic E-state index is 12.0. The number of carbonyl (C=O) groups is 1. The van der Waals surface area contributed by atoms with Crippen molar-refractivity contribution in [1.29, 1.82) is 0 Å². The van der Waals surface area contributed by atoms with E-state index in [0.29, 0.717) is 30.1 Å². The topological polar surface area (TPSA) is 51.5 Å². The number of benzene rings is 1. The average molecular weight is 261 g/mol. The summed E-state index contributed by atoms with van der Waals surface area (Å²) in [4.78, 5) is 12.0. The molecule has 19 heavy (non-hydrogen) atoms. The first-order valence-electron chi connectivity index (χ1n) is 6.53. The first-order valence-corrected chi connectivity index (χ1v) is 6.53. The van der Waals surface area contributed by atoms with Crippen molar-refractivity contribution in [3.63, 3.8) is 0 Å². The minimum atomic E-state index is -0.348. The van der Waals surface area contributed by atoms with E-state index in [-0.39, 0.29) is 11.7 Å². The summed E-state index contributed by atoms with van der Waals surface area (Å²) >= 11 is 0. The van der Waals surface area contributed by atoms with Gasteiger partial charge in [0.2, 0.25) is 0 Å². The number of hydrogen-bond donors (Lipinski definition) is 1. The lowest BCUT2D eigenvalue weighted by atomic mass is 10.2. The second-order valence-electron chi connectivity index (χ2n) is 4.96. The van der Waals surface area contributed by atoms with E-state index in [1.807, 2.05) is 10.6 Å². The molecule has 1 N–H and O–H groups in total. The standard InChI is InChI=1S/C15H19NO3/c1-4-19-15(18)13-8-11-12(6-5-7-14(11)17)16(13)9-10(2)3/h5-8,10,17H,4,9H2,1-3H3. The summed E-state index contributed by atoms with van der Waals surface area (Å²) in [5.41, 5.74) is 1.35. The van der Waals surface area contributed by atoms with Crippen LogP contribution < -0.4 is 0 Å². The molecule has 1 aromatic carbocycles. The Balaban J connectivity index is 2.60. The maximum absolute atomic E-state index is 12.0. The quantitative estimate of drug-likeness (QED) is 0.860. The van der Waals surface area contributed by atoms with Gasteiger partial charge in [-0.05, 0) is 31.0 Å². The Morgan fingerprint density at radius 1 is 1.42 bits per heavy atom. The van der Waals surface area contributed by atoms with Crippen molar-refractivity contribution in [2.75, 3.05) is 6.61 Å². The number of nitrogens with zero attached hydrogens (tertiary/aromatic N) is 1. The van der Waals surface area contributed by atoms with Gasteiger partial charge in [0.05, 0.1) is 12.1 Å². The first kappa shape index (κ1) is 13.5. The van der Waals surface area contributed by atoms with Gasteiger partial charge in [-0.25, -0.2) is 4.79 Å². The molecule has 0 spiro atoms. The van der Waals surface area contributed by atoms with Gasteiger partial charge in [0, 0.05) is 11.9 Å². The SMILES string of the molecule is CCOC(=O)c1cc2c(O)cccc2n1CC(C)C. The van der Waals surface area contributed by atoms with Crippen LogP contribution in [0.25, 0.3) is 10.9 Å². The van der Waals surface area contributed by atoms with E-state index in [1.165, 1.54) is 0 Å². The highest BCUT2D eigenvalue weighted by molar-refractivity contribution is 5.97. The van der Waals surface area contributed by atoms with E-state index in [0.717, 1.165) is 5.52 Å². The molecule has 0 aliphatic rings. The summed E-state index contributed by atoms with van der Waals surface area (Å²) in [5.74, 6) is 0.232. The van der Waals surface area contributed by atoms with E-state index in [4.69, 9.17) is 4.74 Å². The molecule has 0 bridgehead atoms. The first-order chi connectivity index (χ1) is 9.04. The third-order valence-corrected chi connectivity index (χ3v) is 2.96. The Kier molecular flexibility index (Phi) is 3.79. The Morgan fingerprint density at radius 2 is 2.16 bits per heavy atom. The monoisotopic (exact) mass is 261 g/mol. The molecule has 4 heteroatoms. The van der Waals surface area contributed by atoms with Gasteiger partial charge < -0.3 is 14.4 Å². The number of carbonyl (C=O) groups excluding carboxylic acids is 1. The molecule has 0 unspecified atom stereocenters. The van der Waals surface area contributed by atoms with Crippen molar-refractivity contribution in [3.8, 4) is 5.75 Å². The van der Waals surface area contributed by atoms with Crippen molar-refractivity contribution in [3.05, 3.63) is 30.0 Å². The fraction of sp³-hybridized carbons (Fsp3) is 0.400. The molecule has 0 aliphatic carbocycles. The fourth-order valence-corrected chi connectivity index (χ4v) is 2.20. The third-order valence-electron chi connectivity index (χ3n) is 2.96. The molecule has 0 radical (unpaired) electrons. The summed E-state index contributed by atoms with van der Waals surface area (Å²) in [6.45, 7) is 7.01. The largest absolute Gasteiger partial charge is 0.507 e. The van der Waals surface area contributed by atoms with Gasteiger partial charge in [-0.2, -0.15) is 0 Å². The van der Waals surface area contributed by atoms with Crippen molar-refractivity contribution < 1.29 is 14.6 Å². The van der Waals surface area contributed by atoms with Gasteiger partial charge in [-0.15, -0.1) is 0 Å². The van der Waals surface area contributed by atoms with Crippen LogP contribution in [0.3, 0.4) is 0 Å². The number of fused-ring (bicyclic) bond motifs is 1. The van der Waals surface area contributed by atoms with Crippen LogP contribution in [-0.2, 0) is 11.3 Å². The van der Waals surface area contributed by atoms with E-state index in [1.54, 1.807) is 25.1 Å². The van der Waals surface area contributed by atoms with Gasteiger partial charge in [0.25, 0.3) is 0 Å². The van der Waals surface area contributed by atoms with Gasteiger partial charge in [-0.3, -0.25) is 0 Å². The number of phenols is 1. The summed E-state index contributed by atoms with van der Waals surface area (Å²) in [7, 11) is 0. The zero-order chi connectivity index (χ0) is 14.0. The van der Waals surface area contributed by atoms with E-state index in [9.17, 15) is 9.90 Å². The van der Waals surface area contributed by atoms with Gasteiger partial charge in [0.1, 0.15) is 11.4 Å². The molecule has 0 fully saturated rings. The summed E-state index contributed by atoms with van der Waals surface area (Å²) in [5, 5.41) is 10.6. The highest BCUT2D eigenvalue weighted by atomic mass is 16.5. The molecule has 0 aliphatic heterocycles. The lowest BCUT2D eigenvalue weighted by Crippen LogP contribution is -2.14. The molecular formula is C15H19NO3. The number of phenolic OH excluding ortho intramolecular Hbond substituents is 1. The second-order valence-corrected chi connectivity index (χ2v) is 4.96. The summed E-state index contributed by atoms with van der Waals surface area (Å²) in [6, 6.07) is 7.01. The lowest BCUT2D eigenvalue weighted by molar-refractivity contribution is 0.0513. The van der Waals surface area contributed by atoms with Crippen LogP contribution in [0, 0.1) is 5.92 Å². The molecule has 4 nitrogen and oxygen atoms in total. The molecular weight excluding hydrogens is 242 g/mol. The number of esters is 1. The average Bonchev–Trinajstić information content (AvgIpc) is 2.70. The van der Waals surface area contributed by atoms with E-state index in [2.05, 4.69) is 13.8 Å². The normalized spacial score (nSPS) is 11.2. The Hall–Kier alpha value is -1.97. The Morgan fingerprint density at radius 3 is 2.79 bits per heavy atom. The molecule has 0 saturated heterocycles. The molecule has 0 atom stereocenters. The van der Waals surface area contributed by atoms with Crippen LogP contribution in [0.5, 0.6) is 5.75 Å². The van der Waals surface area contributed by atoms with Crippen molar-refractivity contribution in [1.82, 2.24) is 4.57 Å². The van der Waals surface area contributed by atoms with Crippen LogP contribution in [-0.4, -0.2) is 22.2 Å². The zero-order valence-corrected chi connectivity index (χ0v) is 11.5. The van der Waals surface area contributed by atoms with Crippen LogP contribution in [0.4, 0.5) is 0 Å². The predicted molar refractivity (Wildman–Crippen MR) is 74.4 cm³/mol. The second kappa shape index (κ2) is 5.34. The number of rotatable bonds is 4. The van der Waals surface area contributed by atoms with E-state index >= 15 is 0 Å². The smallest absolute Gasteiger partial charge is 0.354 e. The van der Waals surface area contributed by atoms with Crippen molar-refractivity contribution in [2.45, 2.75) is 27.3 Å². The maximum Gasteiger partial charge on any atom is 0.354 e. The lowest BCUT2D eigenvalue weighted by Gasteiger charge is -2.12. The number of ether oxygens (including phenoxy) is 1. The molecule has 102 valence electrons. The van der Waals surface area contributed by atoms with Gasteiger partial charge in [-0.1, -0.05) is 19.9 Å². The Labute approximate surface area is 112 Å². The molecule has 1 heterocycles. The highest BCUT2D eigenvalue weighted by Gasteiger charge is 2.18. The summed E-state index contributed by atoms with van der Waals surface area (Å²) in [6.07, 6.45) is 0. The van der Waals surface area contributed by atoms with Crippen LogP contribution in [0.2, 0.25) is 0 Å². The summed E-state index contributed by atoms with van der Waals surface area (Å²) < 4.78 is 6.99. The third kappa shape index (κ3) is 2.57. The minimum Gasteiger partial charge on any atom is -0.507 e. The molecule has 1 aromatic heterocycles. The van der Waals surface area contributed by atoms with Crippen molar-refractivity contribution >= 4 is 16.9 Å². The Bertz CT molecular complexity index is 599. The predicted octanol–water partition coefficient (Wildman–Crippen LogP) is 3.18. The van der Waals surface area contributed by atoms with Crippen LogP contribution in [0.15, 0.2) is 24.3 Å². The van der Waals surface area contributed by atoms with Gasteiger partial charge >= 0.3 is 5.97 Å². The molecule has 2 aromatic rings. The highest BCUT2D eigenvalue weighted by Crippen LogP contribution is 2.29. The van der Waals surface area contributed by atoms with E-state index < -0.39 is 0 Å². The van der Waals surface area contributed by atoms with Crippen molar-refractivity contribution in [2.24, 2.45) is 5.92 Å². The zero-order valence-electron chi connectivity index (χ0n) is 11.5. The number of aromatic nitrogens is 1. The minimum absolute atomic E-state index is 0.186.